The first-order valence-corrected chi connectivity index (χ1v) is 6.12. The van der Waals surface area contributed by atoms with Crippen LogP contribution in [0.3, 0.4) is 0 Å². The molecule has 2 aliphatic rings. The summed E-state index contributed by atoms with van der Waals surface area (Å²) in [5.41, 5.74) is 0.449. The molecule has 2 fully saturated rings. The van der Waals surface area contributed by atoms with Crippen molar-refractivity contribution >= 4 is 0 Å². The van der Waals surface area contributed by atoms with Crippen molar-refractivity contribution < 1.29 is 0 Å². The summed E-state index contributed by atoms with van der Waals surface area (Å²) in [5.74, 6) is 0.882. The van der Waals surface area contributed by atoms with Crippen LogP contribution in [-0.2, 0) is 0 Å². The minimum Gasteiger partial charge on any atom is -0.315 e. The third-order valence-electron chi connectivity index (χ3n) is 4.19. The zero-order valence-corrected chi connectivity index (χ0v) is 9.84. The Morgan fingerprint density at radius 1 is 1.36 bits per heavy atom. The van der Waals surface area contributed by atoms with Crippen molar-refractivity contribution in [2.45, 2.75) is 51.6 Å². The monoisotopic (exact) mass is 196 g/mol. The summed E-state index contributed by atoms with van der Waals surface area (Å²) in [6.07, 6.45) is 4.09. The molecular formula is C12H24N2. The number of hydrogen-bond acceptors (Lipinski definition) is 2. The Balaban J connectivity index is 2.06. The maximum absolute atomic E-state index is 3.55. The molecule has 0 aromatic heterocycles. The van der Waals surface area contributed by atoms with Gasteiger partial charge in [0.25, 0.3) is 0 Å². The fourth-order valence-corrected chi connectivity index (χ4v) is 3.24. The molecule has 0 aromatic rings. The highest BCUT2D eigenvalue weighted by Crippen LogP contribution is 2.34. The van der Waals surface area contributed by atoms with Crippen LogP contribution in [0.25, 0.3) is 0 Å². The highest BCUT2D eigenvalue weighted by Gasteiger charge is 2.40. The lowest BCUT2D eigenvalue weighted by Gasteiger charge is -2.38. The van der Waals surface area contributed by atoms with Gasteiger partial charge in [0, 0.05) is 18.1 Å². The van der Waals surface area contributed by atoms with Gasteiger partial charge in [0.05, 0.1) is 0 Å². The molecular weight excluding hydrogens is 172 g/mol. The Bertz CT molecular complexity index is 200. The molecule has 2 rings (SSSR count). The van der Waals surface area contributed by atoms with E-state index in [2.05, 4.69) is 31.0 Å². The van der Waals surface area contributed by atoms with E-state index in [1.165, 1.54) is 38.9 Å². The average molecular weight is 196 g/mol. The van der Waals surface area contributed by atoms with Crippen LogP contribution in [0.2, 0.25) is 0 Å². The molecule has 2 aliphatic heterocycles. The fourth-order valence-electron chi connectivity index (χ4n) is 3.24. The highest BCUT2D eigenvalue weighted by atomic mass is 15.3. The van der Waals surface area contributed by atoms with Gasteiger partial charge in [-0.2, -0.15) is 0 Å². The molecule has 0 aliphatic carbocycles. The Labute approximate surface area is 88.1 Å². The molecule has 0 saturated carbocycles. The van der Waals surface area contributed by atoms with Crippen molar-refractivity contribution in [2.24, 2.45) is 5.92 Å². The van der Waals surface area contributed by atoms with Crippen molar-refractivity contribution in [1.82, 2.24) is 10.2 Å². The van der Waals surface area contributed by atoms with Gasteiger partial charge in [-0.3, -0.25) is 4.90 Å². The van der Waals surface area contributed by atoms with Gasteiger partial charge in [0.1, 0.15) is 0 Å². The topological polar surface area (TPSA) is 15.3 Å². The molecule has 14 heavy (non-hydrogen) atoms. The SMILES string of the molecule is CCC1CNCC1N1CCCC1(C)C. The average Bonchev–Trinajstić information content (AvgIpc) is 2.69. The molecule has 2 heterocycles. The van der Waals surface area contributed by atoms with E-state index in [1.807, 2.05) is 0 Å². The standard InChI is InChI=1S/C12H24N2/c1-4-10-8-13-9-11(10)14-7-5-6-12(14,2)3/h10-11,13H,4-9H2,1-3H3. The summed E-state index contributed by atoms with van der Waals surface area (Å²) in [7, 11) is 0. The highest BCUT2D eigenvalue weighted by molar-refractivity contribution is 4.97. The number of nitrogens with zero attached hydrogens (tertiary/aromatic N) is 1. The van der Waals surface area contributed by atoms with E-state index in [-0.39, 0.29) is 0 Å². The molecule has 2 unspecified atom stereocenters. The maximum atomic E-state index is 3.55. The van der Waals surface area contributed by atoms with E-state index < -0.39 is 0 Å². The molecule has 0 radical (unpaired) electrons. The summed E-state index contributed by atoms with van der Waals surface area (Å²) in [5, 5.41) is 3.55. The summed E-state index contributed by atoms with van der Waals surface area (Å²) >= 11 is 0. The first-order chi connectivity index (χ1) is 6.65. The number of nitrogens with one attached hydrogen (secondary N) is 1. The second-order valence-electron chi connectivity index (χ2n) is 5.50. The molecule has 0 amide bonds. The van der Waals surface area contributed by atoms with Crippen LogP contribution in [0.4, 0.5) is 0 Å². The third kappa shape index (κ3) is 1.70. The first kappa shape index (κ1) is 10.4. The molecule has 2 heteroatoms. The normalized spacial score (nSPS) is 37.9. The van der Waals surface area contributed by atoms with Gasteiger partial charge < -0.3 is 5.32 Å². The van der Waals surface area contributed by atoms with Crippen LogP contribution in [0.5, 0.6) is 0 Å². The Kier molecular flexibility index (Phi) is 2.85. The van der Waals surface area contributed by atoms with E-state index in [0.717, 1.165) is 12.0 Å². The maximum Gasteiger partial charge on any atom is 0.0266 e. The van der Waals surface area contributed by atoms with E-state index in [4.69, 9.17) is 0 Å². The number of rotatable bonds is 2. The second kappa shape index (κ2) is 3.82. The molecule has 0 aromatic carbocycles. The largest absolute Gasteiger partial charge is 0.315 e. The van der Waals surface area contributed by atoms with Crippen molar-refractivity contribution in [3.63, 3.8) is 0 Å². The van der Waals surface area contributed by atoms with E-state index in [0.29, 0.717) is 5.54 Å². The predicted molar refractivity (Wildman–Crippen MR) is 60.5 cm³/mol. The predicted octanol–water partition coefficient (Wildman–Crippen LogP) is 1.86. The quantitative estimate of drug-likeness (QED) is 0.725. The lowest BCUT2D eigenvalue weighted by atomic mass is 9.94. The van der Waals surface area contributed by atoms with Crippen molar-refractivity contribution in [1.29, 1.82) is 0 Å². The van der Waals surface area contributed by atoms with Gasteiger partial charge in [-0.05, 0) is 45.7 Å². The number of hydrogen-bond donors (Lipinski definition) is 1. The molecule has 1 N–H and O–H groups in total. The van der Waals surface area contributed by atoms with Gasteiger partial charge in [-0.15, -0.1) is 0 Å². The van der Waals surface area contributed by atoms with Crippen LogP contribution in [0.1, 0.15) is 40.0 Å². The van der Waals surface area contributed by atoms with Gasteiger partial charge in [-0.25, -0.2) is 0 Å². The van der Waals surface area contributed by atoms with E-state index >= 15 is 0 Å². The van der Waals surface area contributed by atoms with Crippen LogP contribution in [0.15, 0.2) is 0 Å². The molecule has 2 atom stereocenters. The summed E-state index contributed by atoms with van der Waals surface area (Å²) in [4.78, 5) is 2.75. The van der Waals surface area contributed by atoms with Gasteiger partial charge >= 0.3 is 0 Å². The lowest BCUT2D eigenvalue weighted by molar-refractivity contribution is 0.0982. The Morgan fingerprint density at radius 2 is 2.14 bits per heavy atom. The Hall–Kier alpha value is -0.0800. The zero-order valence-electron chi connectivity index (χ0n) is 9.84. The summed E-state index contributed by atoms with van der Waals surface area (Å²) in [6.45, 7) is 10.9. The number of likely N-dealkylation sites (tertiary alicyclic amines) is 1. The Morgan fingerprint density at radius 3 is 2.71 bits per heavy atom. The lowest BCUT2D eigenvalue weighted by Crippen LogP contribution is -2.48. The fraction of sp³-hybridized carbons (Fsp3) is 1.00. The van der Waals surface area contributed by atoms with Crippen LogP contribution in [-0.4, -0.2) is 36.1 Å². The van der Waals surface area contributed by atoms with E-state index in [1.54, 1.807) is 0 Å². The van der Waals surface area contributed by atoms with Crippen molar-refractivity contribution in [3.05, 3.63) is 0 Å². The smallest absolute Gasteiger partial charge is 0.0266 e. The molecule has 0 bridgehead atoms. The van der Waals surface area contributed by atoms with E-state index in [9.17, 15) is 0 Å². The minimum absolute atomic E-state index is 0.449. The second-order valence-corrected chi connectivity index (χ2v) is 5.50. The molecule has 2 nitrogen and oxygen atoms in total. The van der Waals surface area contributed by atoms with Gasteiger partial charge in [0.15, 0.2) is 0 Å². The summed E-state index contributed by atoms with van der Waals surface area (Å²) < 4.78 is 0. The van der Waals surface area contributed by atoms with Crippen LogP contribution >= 0.6 is 0 Å². The minimum atomic E-state index is 0.449. The molecule has 2 saturated heterocycles. The van der Waals surface area contributed by atoms with Crippen molar-refractivity contribution in [3.8, 4) is 0 Å². The molecule has 82 valence electrons. The van der Waals surface area contributed by atoms with Gasteiger partial charge in [-0.1, -0.05) is 13.3 Å². The van der Waals surface area contributed by atoms with Gasteiger partial charge in [0.2, 0.25) is 0 Å². The van der Waals surface area contributed by atoms with Crippen molar-refractivity contribution in [2.75, 3.05) is 19.6 Å². The zero-order chi connectivity index (χ0) is 10.2. The first-order valence-electron chi connectivity index (χ1n) is 6.12. The third-order valence-corrected chi connectivity index (χ3v) is 4.19. The van der Waals surface area contributed by atoms with Crippen LogP contribution in [0, 0.1) is 5.92 Å². The summed E-state index contributed by atoms with van der Waals surface area (Å²) in [6, 6.07) is 0.803. The van der Waals surface area contributed by atoms with Crippen LogP contribution < -0.4 is 5.32 Å². The molecule has 0 spiro atoms.